The molecule has 1 aromatic carbocycles. The second-order valence-corrected chi connectivity index (χ2v) is 8.98. The Balaban J connectivity index is 1.75. The fourth-order valence-corrected chi connectivity index (χ4v) is 5.45. The molecular formula is C22H21N5O5S. The second kappa shape index (κ2) is 7.69. The van der Waals surface area contributed by atoms with Crippen LogP contribution in [0.1, 0.15) is 24.0 Å². The first-order chi connectivity index (χ1) is 15.9. The molecule has 11 heteroatoms. The molecule has 0 saturated heterocycles. The summed E-state index contributed by atoms with van der Waals surface area (Å²) in [6.07, 6.45) is 4.00. The van der Waals surface area contributed by atoms with Crippen LogP contribution in [0.15, 0.2) is 46.2 Å². The molecule has 3 aromatic heterocycles. The number of benzene rings is 1. The molecule has 0 bridgehead atoms. The number of aryl methyl sites for hydroxylation is 3. The van der Waals surface area contributed by atoms with E-state index in [2.05, 4.69) is 10.2 Å². The van der Waals surface area contributed by atoms with E-state index in [1.165, 1.54) is 33.1 Å². The van der Waals surface area contributed by atoms with Crippen LogP contribution in [0.2, 0.25) is 0 Å². The minimum Gasteiger partial charge on any atom is -0.496 e. The fraction of sp³-hybridized carbons (Fsp3) is 0.318. The van der Waals surface area contributed by atoms with Gasteiger partial charge in [0.2, 0.25) is 0 Å². The Bertz CT molecular complexity index is 1490. The molecule has 1 fully saturated rings. The Labute approximate surface area is 191 Å². The number of aliphatic carboxylic acids is 1. The number of hydrogen-bond acceptors (Lipinski definition) is 7. The average molecular weight is 468 g/mol. The number of carbonyl (C=O) groups is 1. The number of rotatable bonds is 7. The smallest absolute Gasteiger partial charge is 0.333 e. The van der Waals surface area contributed by atoms with Crippen molar-refractivity contribution in [3.05, 3.63) is 68.6 Å². The summed E-state index contributed by atoms with van der Waals surface area (Å²) in [7, 11) is 1.58. The maximum atomic E-state index is 13.6. The van der Waals surface area contributed by atoms with E-state index in [1.807, 2.05) is 24.3 Å². The van der Waals surface area contributed by atoms with Crippen LogP contribution in [0.5, 0.6) is 5.75 Å². The maximum absolute atomic E-state index is 13.6. The number of fused-ring (bicyclic) bond motifs is 1. The molecule has 170 valence electrons. The zero-order valence-electron chi connectivity index (χ0n) is 18.0. The quantitative estimate of drug-likeness (QED) is 0.441. The minimum atomic E-state index is -1.49. The lowest BCUT2D eigenvalue weighted by molar-refractivity contribution is -0.142. The highest BCUT2D eigenvalue weighted by Gasteiger charge is 2.54. The third-order valence-electron chi connectivity index (χ3n) is 6.13. The summed E-state index contributed by atoms with van der Waals surface area (Å²) >= 11 is 1.24. The predicted molar refractivity (Wildman–Crippen MR) is 122 cm³/mol. The van der Waals surface area contributed by atoms with Gasteiger partial charge in [0, 0.05) is 12.1 Å². The van der Waals surface area contributed by atoms with Crippen molar-refractivity contribution in [3.8, 4) is 10.8 Å². The highest BCUT2D eigenvalue weighted by atomic mass is 32.1. The number of methoxy groups -OCH3 is 1. The lowest BCUT2D eigenvalue weighted by Crippen LogP contribution is -2.48. The third kappa shape index (κ3) is 3.18. The maximum Gasteiger partial charge on any atom is 0.333 e. The monoisotopic (exact) mass is 467 g/mol. The molecule has 0 radical (unpaired) electrons. The van der Waals surface area contributed by atoms with Gasteiger partial charge >= 0.3 is 11.7 Å². The van der Waals surface area contributed by atoms with Crippen molar-refractivity contribution in [3.63, 3.8) is 0 Å². The second-order valence-electron chi connectivity index (χ2n) is 8.00. The fourth-order valence-electron chi connectivity index (χ4n) is 4.21. The first-order valence-electron chi connectivity index (χ1n) is 10.4. The van der Waals surface area contributed by atoms with E-state index in [0.29, 0.717) is 33.0 Å². The van der Waals surface area contributed by atoms with Crippen LogP contribution < -0.4 is 16.0 Å². The number of nitrogens with zero attached hydrogens (tertiary/aromatic N) is 5. The van der Waals surface area contributed by atoms with Crippen molar-refractivity contribution in [2.75, 3.05) is 7.11 Å². The summed E-state index contributed by atoms with van der Waals surface area (Å²) < 4.78 is 7.85. The first kappa shape index (κ1) is 21.1. The van der Waals surface area contributed by atoms with Crippen LogP contribution >= 0.6 is 11.3 Å². The van der Waals surface area contributed by atoms with Gasteiger partial charge in [-0.2, -0.15) is 10.2 Å². The van der Waals surface area contributed by atoms with Crippen LogP contribution in [0, 0.1) is 6.92 Å². The van der Waals surface area contributed by atoms with E-state index < -0.39 is 22.8 Å². The van der Waals surface area contributed by atoms with Gasteiger partial charge < -0.3 is 9.84 Å². The van der Waals surface area contributed by atoms with Gasteiger partial charge in [0.05, 0.1) is 24.9 Å². The summed E-state index contributed by atoms with van der Waals surface area (Å²) in [5.74, 6) is -0.470. The van der Waals surface area contributed by atoms with Gasteiger partial charge in [-0.3, -0.25) is 9.36 Å². The van der Waals surface area contributed by atoms with Gasteiger partial charge in [-0.05, 0) is 37.8 Å². The third-order valence-corrected chi connectivity index (χ3v) is 7.42. The zero-order chi connectivity index (χ0) is 23.3. The summed E-state index contributed by atoms with van der Waals surface area (Å²) in [5, 5.41) is 19.1. The van der Waals surface area contributed by atoms with Crippen LogP contribution in [0.3, 0.4) is 0 Å². The molecule has 1 aliphatic carbocycles. The molecule has 0 spiro atoms. The SMILES string of the molecule is COc1ccccc1CCn1c(=O)n(C2(C(=O)O)CC2)c(=O)c2c(C)c(-n3nccn3)sc21. The number of aromatic nitrogens is 5. The summed E-state index contributed by atoms with van der Waals surface area (Å²) in [5.41, 5.74) is -1.19. The first-order valence-corrected chi connectivity index (χ1v) is 11.2. The lowest BCUT2D eigenvalue weighted by atomic mass is 10.1. The Morgan fingerprint density at radius 1 is 1.21 bits per heavy atom. The van der Waals surface area contributed by atoms with Gasteiger partial charge in [-0.15, -0.1) is 4.80 Å². The molecule has 1 saturated carbocycles. The molecule has 0 amide bonds. The van der Waals surface area contributed by atoms with Crippen LogP contribution in [0.4, 0.5) is 0 Å². The molecule has 10 nitrogen and oxygen atoms in total. The van der Waals surface area contributed by atoms with Crippen LogP contribution in [-0.4, -0.2) is 42.3 Å². The van der Waals surface area contributed by atoms with E-state index in [9.17, 15) is 19.5 Å². The van der Waals surface area contributed by atoms with Gasteiger partial charge in [0.1, 0.15) is 21.1 Å². The number of carboxylic acid groups (broad SMARTS) is 1. The molecule has 0 unspecified atom stereocenters. The van der Waals surface area contributed by atoms with Crippen molar-refractivity contribution in [2.24, 2.45) is 0 Å². The van der Waals surface area contributed by atoms with E-state index in [-0.39, 0.29) is 19.4 Å². The topological polar surface area (TPSA) is 121 Å². The number of ether oxygens (including phenoxy) is 1. The number of thiophene rings is 1. The number of carboxylic acids is 1. The molecule has 0 atom stereocenters. The van der Waals surface area contributed by atoms with Crippen molar-refractivity contribution in [1.82, 2.24) is 24.1 Å². The lowest BCUT2D eigenvalue weighted by Gasteiger charge is -2.17. The minimum absolute atomic E-state index is 0.242. The van der Waals surface area contributed by atoms with Gasteiger partial charge in [0.25, 0.3) is 5.56 Å². The number of hydrogen-bond donors (Lipinski definition) is 1. The Hall–Kier alpha value is -3.73. The highest BCUT2D eigenvalue weighted by molar-refractivity contribution is 7.21. The van der Waals surface area contributed by atoms with Gasteiger partial charge in [-0.1, -0.05) is 29.5 Å². The summed E-state index contributed by atoms with van der Waals surface area (Å²) in [4.78, 5) is 41.0. The van der Waals surface area contributed by atoms with E-state index in [1.54, 1.807) is 14.0 Å². The predicted octanol–water partition coefficient (Wildman–Crippen LogP) is 1.94. The molecule has 0 aliphatic heterocycles. The number of para-hydroxylation sites is 1. The molecular weight excluding hydrogens is 446 g/mol. The summed E-state index contributed by atoms with van der Waals surface area (Å²) in [6.45, 7) is 2.01. The van der Waals surface area contributed by atoms with Crippen molar-refractivity contribution >= 4 is 27.5 Å². The summed E-state index contributed by atoms with van der Waals surface area (Å²) in [6, 6.07) is 7.50. The average Bonchev–Trinajstić information content (AvgIpc) is 3.27. The van der Waals surface area contributed by atoms with Gasteiger partial charge in [0.15, 0.2) is 0 Å². The highest BCUT2D eigenvalue weighted by Crippen LogP contribution is 2.42. The van der Waals surface area contributed by atoms with Crippen LogP contribution in [0.25, 0.3) is 15.2 Å². The zero-order valence-corrected chi connectivity index (χ0v) is 18.8. The van der Waals surface area contributed by atoms with Crippen molar-refractivity contribution < 1.29 is 14.6 Å². The van der Waals surface area contributed by atoms with Crippen molar-refractivity contribution in [1.29, 1.82) is 0 Å². The van der Waals surface area contributed by atoms with Crippen molar-refractivity contribution in [2.45, 2.75) is 38.3 Å². The van der Waals surface area contributed by atoms with Crippen LogP contribution in [-0.2, 0) is 23.3 Å². The Kier molecular flexibility index (Phi) is 4.93. The van der Waals surface area contributed by atoms with Gasteiger partial charge in [-0.25, -0.2) is 14.2 Å². The molecule has 1 aliphatic rings. The molecule has 33 heavy (non-hydrogen) atoms. The normalized spacial score (nSPS) is 14.5. The van der Waals surface area contributed by atoms with E-state index in [4.69, 9.17) is 4.74 Å². The molecule has 3 heterocycles. The molecule has 1 N–H and O–H groups in total. The standard InChI is InChI=1S/C22H21N5O5S/c1-13-16-17(28)26(22(8-9-22)20(29)30)21(31)25(12-7-14-5-3-4-6-15(14)32-2)19(16)33-18(13)27-23-10-11-24-27/h3-6,10-11H,7-9,12H2,1-2H3,(H,29,30). The van der Waals surface area contributed by atoms with E-state index in [0.717, 1.165) is 10.1 Å². The largest absolute Gasteiger partial charge is 0.496 e. The molecule has 5 rings (SSSR count). The molecule has 4 aromatic rings. The Morgan fingerprint density at radius 2 is 1.91 bits per heavy atom. The van der Waals surface area contributed by atoms with E-state index >= 15 is 0 Å². The Morgan fingerprint density at radius 3 is 2.55 bits per heavy atom.